The lowest BCUT2D eigenvalue weighted by atomic mass is 9.97. The first kappa shape index (κ1) is 22.8. The fourth-order valence-electron chi connectivity index (χ4n) is 4.45. The summed E-state index contributed by atoms with van der Waals surface area (Å²) in [6, 6.07) is 12.6. The highest BCUT2D eigenvalue weighted by molar-refractivity contribution is 5.98. The largest absolute Gasteiger partial charge is 0.495 e. The van der Waals surface area contributed by atoms with Crippen LogP contribution >= 0.6 is 0 Å². The first-order valence-corrected chi connectivity index (χ1v) is 10.9. The summed E-state index contributed by atoms with van der Waals surface area (Å²) in [6.45, 7) is 1.21. The fourth-order valence-corrected chi connectivity index (χ4v) is 4.45. The molecular weight excluding hydrogens is 423 g/mol. The van der Waals surface area contributed by atoms with Crippen LogP contribution in [-0.4, -0.2) is 54.3 Å². The fraction of sp³-hybridized carbons (Fsp3) is 0.360. The van der Waals surface area contributed by atoms with Gasteiger partial charge in [0.15, 0.2) is 0 Å². The molecule has 1 saturated heterocycles. The molecule has 0 saturated carbocycles. The number of rotatable bonds is 6. The maximum Gasteiger partial charge on any atom is 0.247 e. The number of ether oxygens (including phenoxy) is 2. The van der Waals surface area contributed by atoms with Crippen LogP contribution in [0.15, 0.2) is 42.6 Å². The molecule has 1 aromatic heterocycles. The zero-order chi connectivity index (χ0) is 23.5. The number of aryl methyl sites for hydroxylation is 1. The van der Waals surface area contributed by atoms with Crippen molar-refractivity contribution in [2.75, 3.05) is 26.8 Å². The van der Waals surface area contributed by atoms with Gasteiger partial charge in [-0.25, -0.2) is 4.39 Å². The van der Waals surface area contributed by atoms with Crippen LogP contribution in [0.3, 0.4) is 0 Å². The Bertz CT molecular complexity index is 1220. The minimum atomic E-state index is -0.765. The highest BCUT2D eigenvalue weighted by atomic mass is 19.1. The number of carbonyl (C=O) groups is 1. The molecule has 3 aromatic rings. The quantitative estimate of drug-likeness (QED) is 0.623. The summed E-state index contributed by atoms with van der Waals surface area (Å²) in [6.07, 6.45) is 2.06. The molecule has 33 heavy (non-hydrogen) atoms. The lowest BCUT2D eigenvalue weighted by Crippen LogP contribution is -2.45. The van der Waals surface area contributed by atoms with Gasteiger partial charge in [0.25, 0.3) is 0 Å². The number of fused-ring (bicyclic) bond motifs is 1. The van der Waals surface area contributed by atoms with Gasteiger partial charge in [-0.2, -0.15) is 5.26 Å². The number of hydrogen-bond donors (Lipinski definition) is 1. The summed E-state index contributed by atoms with van der Waals surface area (Å²) < 4.78 is 28.1. The van der Waals surface area contributed by atoms with Crippen molar-refractivity contribution in [3.63, 3.8) is 0 Å². The van der Waals surface area contributed by atoms with Crippen LogP contribution < -0.4 is 10.5 Å². The van der Waals surface area contributed by atoms with E-state index in [1.54, 1.807) is 13.2 Å². The van der Waals surface area contributed by atoms with Gasteiger partial charge < -0.3 is 19.8 Å². The third-order valence-electron chi connectivity index (χ3n) is 6.21. The third-order valence-corrected chi connectivity index (χ3v) is 6.21. The third kappa shape index (κ3) is 4.56. The predicted molar refractivity (Wildman–Crippen MR) is 123 cm³/mol. The summed E-state index contributed by atoms with van der Waals surface area (Å²) in [5, 5.41) is 10.7. The molecule has 172 valence electrons. The maximum atomic E-state index is 15.2. The molecule has 1 aliphatic heterocycles. The van der Waals surface area contributed by atoms with E-state index in [9.17, 15) is 10.1 Å². The molecule has 0 radical (unpaired) electrons. The number of carbonyl (C=O) groups excluding carboxylic acids is 1. The van der Waals surface area contributed by atoms with E-state index in [2.05, 4.69) is 6.07 Å². The number of amides is 1. The van der Waals surface area contributed by atoms with Gasteiger partial charge in [-0.3, -0.25) is 9.69 Å². The second-order valence-corrected chi connectivity index (χ2v) is 8.27. The molecule has 0 bridgehead atoms. The second-order valence-electron chi connectivity index (χ2n) is 8.27. The minimum absolute atomic E-state index is 0.206. The van der Waals surface area contributed by atoms with Crippen LogP contribution in [0.1, 0.15) is 12.0 Å². The summed E-state index contributed by atoms with van der Waals surface area (Å²) in [5.41, 5.74) is 8.45. The lowest BCUT2D eigenvalue weighted by molar-refractivity contribution is -0.129. The summed E-state index contributed by atoms with van der Waals surface area (Å²) >= 11 is 0. The minimum Gasteiger partial charge on any atom is -0.495 e. The number of benzene rings is 2. The zero-order valence-electron chi connectivity index (χ0n) is 18.8. The molecular formula is C25H27FN4O3. The van der Waals surface area contributed by atoms with E-state index in [1.165, 1.54) is 6.07 Å². The lowest BCUT2D eigenvalue weighted by Gasteiger charge is -2.27. The van der Waals surface area contributed by atoms with Gasteiger partial charge in [-0.15, -0.1) is 0 Å². The number of methoxy groups -OCH3 is 1. The molecule has 4 rings (SSSR count). The van der Waals surface area contributed by atoms with Crippen LogP contribution in [0.2, 0.25) is 0 Å². The van der Waals surface area contributed by atoms with Crippen molar-refractivity contribution < 1.29 is 18.7 Å². The van der Waals surface area contributed by atoms with Crippen molar-refractivity contribution in [3.8, 4) is 22.9 Å². The van der Waals surface area contributed by atoms with Gasteiger partial charge in [-0.1, -0.05) is 12.1 Å². The average molecular weight is 451 g/mol. The molecule has 0 unspecified atom stereocenters. The van der Waals surface area contributed by atoms with E-state index in [0.29, 0.717) is 25.1 Å². The Morgan fingerprint density at radius 1 is 1.36 bits per heavy atom. The van der Waals surface area contributed by atoms with Gasteiger partial charge in [0, 0.05) is 44.7 Å². The van der Waals surface area contributed by atoms with Gasteiger partial charge >= 0.3 is 0 Å². The number of nitriles is 1. The van der Waals surface area contributed by atoms with E-state index in [-0.39, 0.29) is 18.8 Å². The number of nitrogens with zero attached hydrogens (tertiary/aromatic N) is 3. The van der Waals surface area contributed by atoms with Gasteiger partial charge in [0.2, 0.25) is 5.91 Å². The maximum absolute atomic E-state index is 15.2. The molecule has 2 heterocycles. The summed E-state index contributed by atoms with van der Waals surface area (Å²) in [7, 11) is 3.57. The van der Waals surface area contributed by atoms with Crippen molar-refractivity contribution in [3.05, 3.63) is 54.0 Å². The van der Waals surface area contributed by atoms with Crippen LogP contribution in [0, 0.1) is 17.1 Å². The van der Waals surface area contributed by atoms with Crippen molar-refractivity contribution >= 4 is 16.8 Å². The molecule has 0 spiro atoms. The monoisotopic (exact) mass is 450 g/mol. The molecule has 7 nitrogen and oxygen atoms in total. The predicted octanol–water partition coefficient (Wildman–Crippen LogP) is 3.00. The van der Waals surface area contributed by atoms with E-state index in [0.717, 1.165) is 27.8 Å². The first-order chi connectivity index (χ1) is 15.9. The number of nitrogens with two attached hydrogens (primary N) is 1. The SMILES string of the molecule is COc1ccc(-c2ccc(C[C@@H](C#N)N3CCCO[C@H](C(N)=O)C3)c(F)c2)c2ccn(C)c12. The molecule has 8 heteroatoms. The van der Waals surface area contributed by atoms with E-state index < -0.39 is 18.1 Å². The Hall–Kier alpha value is -3.41. The highest BCUT2D eigenvalue weighted by Gasteiger charge is 2.28. The van der Waals surface area contributed by atoms with E-state index in [1.807, 2.05) is 47.0 Å². The van der Waals surface area contributed by atoms with Crippen molar-refractivity contribution in [2.24, 2.45) is 12.8 Å². The average Bonchev–Trinajstić information content (AvgIpc) is 3.04. The summed E-state index contributed by atoms with van der Waals surface area (Å²) in [4.78, 5) is 13.5. The van der Waals surface area contributed by atoms with Crippen LogP contribution in [0.5, 0.6) is 5.75 Å². The van der Waals surface area contributed by atoms with E-state index >= 15 is 4.39 Å². The zero-order valence-corrected chi connectivity index (χ0v) is 18.8. The molecule has 2 atom stereocenters. The Morgan fingerprint density at radius 2 is 2.18 bits per heavy atom. The number of aromatic nitrogens is 1. The van der Waals surface area contributed by atoms with Crippen LogP contribution in [-0.2, 0) is 23.0 Å². The Kier molecular flexibility index (Phi) is 6.63. The van der Waals surface area contributed by atoms with Crippen molar-refractivity contribution in [2.45, 2.75) is 25.0 Å². The molecule has 0 aliphatic carbocycles. The standard InChI is InChI=1S/C25H27FN4O3/c1-29-10-8-20-19(6-7-22(32-2)24(20)29)16-4-5-17(21(26)13-16)12-18(14-27)30-9-3-11-33-23(15-30)25(28)31/h4-8,10,13,18,23H,3,9,11-12,15H2,1-2H3,(H2,28,31)/t18-,23-/m0/s1. The molecule has 1 fully saturated rings. The number of hydrogen-bond acceptors (Lipinski definition) is 5. The molecule has 2 aromatic carbocycles. The first-order valence-electron chi connectivity index (χ1n) is 10.9. The normalized spacial score (nSPS) is 17.9. The summed E-state index contributed by atoms with van der Waals surface area (Å²) in [5.74, 6) is -0.170. The highest BCUT2D eigenvalue weighted by Crippen LogP contribution is 2.35. The Labute approximate surface area is 192 Å². The topological polar surface area (TPSA) is 93.5 Å². The van der Waals surface area contributed by atoms with Crippen LogP contribution in [0.4, 0.5) is 4.39 Å². The van der Waals surface area contributed by atoms with Gasteiger partial charge in [0.1, 0.15) is 23.7 Å². The van der Waals surface area contributed by atoms with E-state index in [4.69, 9.17) is 15.2 Å². The van der Waals surface area contributed by atoms with Gasteiger partial charge in [0.05, 0.1) is 18.7 Å². The Morgan fingerprint density at radius 3 is 2.88 bits per heavy atom. The number of primary amides is 1. The van der Waals surface area contributed by atoms with Crippen molar-refractivity contribution in [1.82, 2.24) is 9.47 Å². The van der Waals surface area contributed by atoms with Crippen LogP contribution in [0.25, 0.3) is 22.0 Å². The smallest absolute Gasteiger partial charge is 0.247 e. The Balaban J connectivity index is 1.60. The van der Waals surface area contributed by atoms with Crippen molar-refractivity contribution in [1.29, 1.82) is 5.26 Å². The second kappa shape index (κ2) is 9.61. The number of halogens is 1. The molecule has 2 N–H and O–H groups in total. The van der Waals surface area contributed by atoms with Gasteiger partial charge in [-0.05, 0) is 47.4 Å². The molecule has 1 aliphatic rings. The molecule has 1 amide bonds.